The number of fused-ring (bicyclic) bond motifs is 1. The van der Waals surface area contributed by atoms with Crippen molar-refractivity contribution in [2.75, 3.05) is 50.6 Å². The number of ether oxygens (including phenoxy) is 1. The van der Waals surface area contributed by atoms with Crippen molar-refractivity contribution in [3.63, 3.8) is 0 Å². The van der Waals surface area contributed by atoms with Crippen LogP contribution in [0.4, 0.5) is 17.3 Å². The first kappa shape index (κ1) is 22.4. The van der Waals surface area contributed by atoms with Crippen LogP contribution in [0.5, 0.6) is 5.75 Å². The van der Waals surface area contributed by atoms with Crippen LogP contribution in [0.3, 0.4) is 0 Å². The van der Waals surface area contributed by atoms with Gasteiger partial charge in [-0.2, -0.15) is 0 Å². The zero-order valence-electron chi connectivity index (χ0n) is 19.5. The molecular weight excluding hydrogens is 446 g/mol. The number of nitrogens with zero attached hydrogens (tertiary/aromatic N) is 4. The highest BCUT2D eigenvalue weighted by molar-refractivity contribution is 6.32. The van der Waals surface area contributed by atoms with Crippen LogP contribution in [0.25, 0.3) is 10.9 Å². The molecule has 0 aliphatic carbocycles. The molecule has 1 fully saturated rings. The minimum atomic E-state index is 0.585. The lowest BCUT2D eigenvalue weighted by atomic mass is 10.1. The number of rotatable bonds is 6. The number of hydrogen-bond donors (Lipinski definition) is 1. The fourth-order valence-corrected chi connectivity index (χ4v) is 4.48. The quantitative estimate of drug-likeness (QED) is 0.406. The zero-order chi connectivity index (χ0) is 23.5. The Kier molecular flexibility index (Phi) is 6.52. The van der Waals surface area contributed by atoms with Crippen LogP contribution in [0.2, 0.25) is 5.02 Å². The van der Waals surface area contributed by atoms with E-state index in [-0.39, 0.29) is 0 Å². The Morgan fingerprint density at radius 2 is 1.71 bits per heavy atom. The molecular formula is C27H28ClN5O. The molecule has 1 saturated heterocycles. The fourth-order valence-electron chi connectivity index (χ4n) is 4.29. The largest absolute Gasteiger partial charge is 0.495 e. The molecule has 7 heteroatoms. The smallest absolute Gasteiger partial charge is 0.228 e. The molecule has 1 aliphatic rings. The maximum atomic E-state index is 6.21. The van der Waals surface area contributed by atoms with Gasteiger partial charge in [-0.1, -0.05) is 35.9 Å². The van der Waals surface area contributed by atoms with Crippen LogP contribution in [-0.2, 0) is 6.42 Å². The van der Waals surface area contributed by atoms with E-state index in [9.17, 15) is 0 Å². The number of methoxy groups -OCH3 is 1. The third kappa shape index (κ3) is 4.93. The van der Waals surface area contributed by atoms with E-state index in [0.29, 0.717) is 23.1 Å². The van der Waals surface area contributed by atoms with E-state index >= 15 is 0 Å². The number of nitrogens with one attached hydrogen (secondary N) is 1. The molecule has 4 aromatic rings. The summed E-state index contributed by atoms with van der Waals surface area (Å²) < 4.78 is 5.39. The first-order chi connectivity index (χ1) is 16.6. The lowest BCUT2D eigenvalue weighted by Gasteiger charge is -2.34. The van der Waals surface area contributed by atoms with E-state index in [1.165, 1.54) is 5.69 Å². The summed E-state index contributed by atoms with van der Waals surface area (Å²) in [4.78, 5) is 14.4. The molecule has 0 radical (unpaired) electrons. The molecule has 174 valence electrons. The summed E-state index contributed by atoms with van der Waals surface area (Å²) in [5.41, 5.74) is 5.15. The Bertz CT molecular complexity index is 1290. The average molecular weight is 474 g/mol. The molecule has 2 heterocycles. The fraction of sp³-hybridized carbons (Fsp3) is 0.259. The highest BCUT2D eigenvalue weighted by atomic mass is 35.5. The highest BCUT2D eigenvalue weighted by Crippen LogP contribution is 2.28. The Hall–Kier alpha value is -3.35. The number of likely N-dealkylation sites (N-methyl/N-ethyl adjacent to an activating group) is 1. The second-order valence-corrected chi connectivity index (χ2v) is 9.03. The van der Waals surface area contributed by atoms with Crippen LogP contribution in [0.15, 0.2) is 66.7 Å². The molecule has 3 aromatic carbocycles. The third-order valence-corrected chi connectivity index (χ3v) is 6.57. The Labute approximate surface area is 205 Å². The molecule has 6 nitrogen and oxygen atoms in total. The van der Waals surface area contributed by atoms with E-state index in [1.54, 1.807) is 7.11 Å². The van der Waals surface area contributed by atoms with E-state index in [0.717, 1.165) is 54.0 Å². The topological polar surface area (TPSA) is 53.5 Å². The Morgan fingerprint density at radius 1 is 0.941 bits per heavy atom. The van der Waals surface area contributed by atoms with Crippen molar-refractivity contribution >= 4 is 39.8 Å². The molecule has 1 N–H and O–H groups in total. The van der Waals surface area contributed by atoms with Gasteiger partial charge in [-0.05, 0) is 55.1 Å². The van der Waals surface area contributed by atoms with Crippen molar-refractivity contribution in [3.05, 3.63) is 83.0 Å². The number of piperazine rings is 1. The molecule has 0 spiro atoms. The minimum absolute atomic E-state index is 0.585. The number of para-hydroxylation sites is 1. The van der Waals surface area contributed by atoms with Gasteiger partial charge in [0.1, 0.15) is 5.75 Å². The van der Waals surface area contributed by atoms with Gasteiger partial charge in [0.2, 0.25) is 5.95 Å². The van der Waals surface area contributed by atoms with Gasteiger partial charge in [-0.3, -0.25) is 0 Å². The molecule has 0 amide bonds. The average Bonchev–Trinajstić information content (AvgIpc) is 2.86. The maximum Gasteiger partial charge on any atom is 0.228 e. The van der Waals surface area contributed by atoms with Gasteiger partial charge < -0.3 is 19.9 Å². The maximum absolute atomic E-state index is 6.21. The molecule has 5 rings (SSSR count). The Morgan fingerprint density at radius 3 is 2.47 bits per heavy atom. The molecule has 1 aromatic heterocycles. The van der Waals surface area contributed by atoms with Crippen LogP contribution < -0.4 is 15.0 Å². The van der Waals surface area contributed by atoms with E-state index < -0.39 is 0 Å². The number of benzene rings is 3. The summed E-state index contributed by atoms with van der Waals surface area (Å²) in [6.45, 7) is 4.28. The number of hydrogen-bond acceptors (Lipinski definition) is 6. The highest BCUT2D eigenvalue weighted by Gasteiger charge is 2.14. The summed E-state index contributed by atoms with van der Waals surface area (Å²) in [5.74, 6) is 1.25. The summed E-state index contributed by atoms with van der Waals surface area (Å²) in [7, 11) is 3.80. The minimum Gasteiger partial charge on any atom is -0.495 e. The van der Waals surface area contributed by atoms with Gasteiger partial charge in [0.05, 0.1) is 23.3 Å². The van der Waals surface area contributed by atoms with Crippen molar-refractivity contribution in [3.8, 4) is 5.75 Å². The number of aromatic nitrogens is 2. The van der Waals surface area contributed by atoms with Gasteiger partial charge in [-0.15, -0.1) is 0 Å². The molecule has 1 aliphatic heterocycles. The normalized spacial score (nSPS) is 14.4. The molecule has 0 bridgehead atoms. The van der Waals surface area contributed by atoms with Crippen LogP contribution >= 0.6 is 11.6 Å². The van der Waals surface area contributed by atoms with Gasteiger partial charge in [-0.25, -0.2) is 9.97 Å². The predicted molar refractivity (Wildman–Crippen MR) is 140 cm³/mol. The second kappa shape index (κ2) is 9.87. The van der Waals surface area contributed by atoms with Crippen molar-refractivity contribution in [1.29, 1.82) is 0 Å². The summed E-state index contributed by atoms with van der Waals surface area (Å²) in [6, 6.07) is 22.4. The van der Waals surface area contributed by atoms with Crippen molar-refractivity contribution in [1.82, 2.24) is 14.9 Å². The van der Waals surface area contributed by atoms with Gasteiger partial charge in [0.25, 0.3) is 0 Å². The summed E-state index contributed by atoms with van der Waals surface area (Å²) in [6.07, 6.45) is 0.646. The lowest BCUT2D eigenvalue weighted by Crippen LogP contribution is -2.44. The van der Waals surface area contributed by atoms with Gasteiger partial charge >= 0.3 is 0 Å². The van der Waals surface area contributed by atoms with Crippen molar-refractivity contribution in [2.45, 2.75) is 6.42 Å². The van der Waals surface area contributed by atoms with Crippen molar-refractivity contribution in [2.24, 2.45) is 0 Å². The van der Waals surface area contributed by atoms with Crippen LogP contribution in [-0.4, -0.2) is 55.2 Å². The van der Waals surface area contributed by atoms with E-state index in [4.69, 9.17) is 26.3 Å². The summed E-state index contributed by atoms with van der Waals surface area (Å²) >= 11 is 6.21. The number of anilines is 3. The SMILES string of the molecule is COc1cc(Cc2nc(Nc3ccc(N4CCN(C)CC4)cc3)nc3ccccc23)ccc1Cl. The molecule has 0 atom stereocenters. The number of halogens is 1. The zero-order valence-corrected chi connectivity index (χ0v) is 20.2. The van der Waals surface area contributed by atoms with Gasteiger partial charge in [0.15, 0.2) is 0 Å². The molecule has 0 unspecified atom stereocenters. The first-order valence-corrected chi connectivity index (χ1v) is 11.9. The molecule has 0 saturated carbocycles. The summed E-state index contributed by atoms with van der Waals surface area (Å²) in [5, 5.41) is 5.03. The lowest BCUT2D eigenvalue weighted by molar-refractivity contribution is 0.313. The van der Waals surface area contributed by atoms with Crippen LogP contribution in [0, 0.1) is 0 Å². The van der Waals surface area contributed by atoms with E-state index in [1.807, 2.05) is 36.4 Å². The van der Waals surface area contributed by atoms with Crippen LogP contribution in [0.1, 0.15) is 11.3 Å². The van der Waals surface area contributed by atoms with Crippen molar-refractivity contribution < 1.29 is 4.74 Å². The van der Waals surface area contributed by atoms with E-state index in [2.05, 4.69) is 52.5 Å². The Balaban J connectivity index is 1.40. The second-order valence-electron chi connectivity index (χ2n) is 8.62. The predicted octanol–water partition coefficient (Wildman–Crippen LogP) is 5.38. The third-order valence-electron chi connectivity index (χ3n) is 6.26. The van der Waals surface area contributed by atoms with Gasteiger partial charge in [0, 0.05) is 49.4 Å². The molecule has 34 heavy (non-hydrogen) atoms. The first-order valence-electron chi connectivity index (χ1n) is 11.5. The monoisotopic (exact) mass is 473 g/mol. The standard InChI is InChI=1S/C27H28ClN5O/c1-32-13-15-33(16-14-32)21-10-8-20(9-11-21)29-27-30-24-6-4-3-5-22(24)25(31-27)17-19-7-12-23(28)26(18-19)34-2/h3-12,18H,13-17H2,1-2H3,(H,29,30,31).